The summed E-state index contributed by atoms with van der Waals surface area (Å²) in [6, 6.07) is 16.4. The Balaban J connectivity index is 2.27. The van der Waals surface area contributed by atoms with Gasteiger partial charge in [-0.05, 0) is 30.7 Å². The highest BCUT2D eigenvalue weighted by molar-refractivity contribution is 6.10. The van der Waals surface area contributed by atoms with Gasteiger partial charge in [-0.2, -0.15) is 5.26 Å². The normalized spacial score (nSPS) is 10.4. The third-order valence-electron chi connectivity index (χ3n) is 3.29. The fourth-order valence-corrected chi connectivity index (χ4v) is 2.06. The predicted molar refractivity (Wildman–Crippen MR) is 94.2 cm³/mol. The molecule has 0 radical (unpaired) electrons. The van der Waals surface area contributed by atoms with E-state index in [1.807, 2.05) is 31.2 Å². The van der Waals surface area contributed by atoms with Crippen molar-refractivity contribution in [3.05, 3.63) is 65.2 Å². The Kier molecular flexibility index (Phi) is 5.77. The van der Waals surface area contributed by atoms with E-state index in [9.17, 15) is 10.1 Å². The Bertz CT molecular complexity index is 854. The quantitative estimate of drug-likeness (QED) is 0.521. The van der Waals surface area contributed by atoms with Crippen LogP contribution < -0.4 is 10.1 Å². The van der Waals surface area contributed by atoms with Crippen LogP contribution in [0.3, 0.4) is 0 Å². The smallest absolute Gasteiger partial charge is 0.266 e. The van der Waals surface area contributed by atoms with Crippen molar-refractivity contribution in [3.8, 4) is 24.2 Å². The first-order chi connectivity index (χ1) is 11.7. The zero-order valence-electron chi connectivity index (χ0n) is 13.2. The van der Waals surface area contributed by atoms with E-state index in [2.05, 4.69) is 11.2 Å². The number of nitrogens with zero attached hydrogens (tertiary/aromatic N) is 1. The molecule has 1 N–H and O–H groups in total. The number of terminal acetylenes is 1. The zero-order chi connectivity index (χ0) is 17.4. The van der Waals surface area contributed by atoms with Gasteiger partial charge in [0, 0.05) is 11.3 Å². The van der Waals surface area contributed by atoms with Crippen molar-refractivity contribution in [2.24, 2.45) is 0 Å². The van der Waals surface area contributed by atoms with E-state index < -0.39 is 5.91 Å². The molecule has 2 aromatic carbocycles. The van der Waals surface area contributed by atoms with E-state index >= 15 is 0 Å². The lowest BCUT2D eigenvalue weighted by Gasteiger charge is -2.09. The summed E-state index contributed by atoms with van der Waals surface area (Å²) in [6.45, 7) is 2.00. The Morgan fingerprint density at radius 1 is 1.25 bits per heavy atom. The van der Waals surface area contributed by atoms with Crippen LogP contribution in [0.2, 0.25) is 0 Å². The molecule has 0 unspecified atom stereocenters. The van der Waals surface area contributed by atoms with Gasteiger partial charge >= 0.3 is 0 Å². The number of benzene rings is 2. The number of amides is 1. The molecule has 0 saturated heterocycles. The summed E-state index contributed by atoms with van der Waals surface area (Å²) in [5.74, 6) is 2.43. The molecule has 0 aliphatic rings. The summed E-state index contributed by atoms with van der Waals surface area (Å²) in [7, 11) is 0. The Hall–Kier alpha value is -3.50. The number of carbonyl (C=O) groups is 1. The van der Waals surface area contributed by atoms with Crippen molar-refractivity contribution in [2.45, 2.75) is 6.92 Å². The highest BCUT2D eigenvalue weighted by Crippen LogP contribution is 2.22. The van der Waals surface area contributed by atoms with Crippen LogP contribution >= 0.6 is 0 Å². The maximum absolute atomic E-state index is 12.4. The van der Waals surface area contributed by atoms with Gasteiger partial charge < -0.3 is 10.1 Å². The number of hydrogen-bond donors (Lipinski definition) is 1. The molecule has 0 aliphatic heterocycles. The van der Waals surface area contributed by atoms with E-state index in [1.165, 1.54) is 6.08 Å². The van der Waals surface area contributed by atoms with E-state index in [1.54, 1.807) is 30.3 Å². The van der Waals surface area contributed by atoms with E-state index in [4.69, 9.17) is 11.2 Å². The van der Waals surface area contributed by atoms with Crippen LogP contribution in [-0.4, -0.2) is 12.5 Å². The maximum atomic E-state index is 12.4. The molecule has 24 heavy (non-hydrogen) atoms. The number of rotatable bonds is 5. The van der Waals surface area contributed by atoms with Gasteiger partial charge in [-0.3, -0.25) is 4.79 Å². The molecule has 1 amide bonds. The molecule has 0 heterocycles. The molecule has 0 atom stereocenters. The van der Waals surface area contributed by atoms with E-state index in [0.717, 1.165) is 5.56 Å². The van der Waals surface area contributed by atoms with Crippen LogP contribution in [0, 0.1) is 30.6 Å². The van der Waals surface area contributed by atoms with E-state index in [0.29, 0.717) is 17.0 Å². The SMILES string of the molecule is C#CCOc1ccccc1/C=C(\C#N)C(=O)Nc1ccccc1C. The number of hydrogen-bond acceptors (Lipinski definition) is 3. The van der Waals surface area contributed by atoms with Gasteiger partial charge in [-0.25, -0.2) is 0 Å². The Morgan fingerprint density at radius 2 is 1.96 bits per heavy atom. The summed E-state index contributed by atoms with van der Waals surface area (Å²) in [5.41, 5.74) is 2.18. The summed E-state index contributed by atoms with van der Waals surface area (Å²) < 4.78 is 5.43. The van der Waals surface area contributed by atoms with Crippen molar-refractivity contribution >= 4 is 17.7 Å². The number of nitrogens with one attached hydrogen (secondary N) is 1. The molecule has 118 valence electrons. The van der Waals surface area contributed by atoms with Gasteiger partial charge in [0.15, 0.2) is 0 Å². The highest BCUT2D eigenvalue weighted by Gasteiger charge is 2.12. The Morgan fingerprint density at radius 3 is 2.67 bits per heavy atom. The zero-order valence-corrected chi connectivity index (χ0v) is 13.2. The number of carbonyl (C=O) groups excluding carboxylic acids is 1. The van der Waals surface area contributed by atoms with Gasteiger partial charge in [0.05, 0.1) is 0 Å². The van der Waals surface area contributed by atoms with Crippen LogP contribution in [0.15, 0.2) is 54.1 Å². The molecule has 2 aromatic rings. The lowest BCUT2D eigenvalue weighted by molar-refractivity contribution is -0.112. The van der Waals surface area contributed by atoms with Crippen molar-refractivity contribution in [1.82, 2.24) is 0 Å². The molecule has 0 aromatic heterocycles. The first-order valence-electron chi connectivity index (χ1n) is 7.29. The van der Waals surface area contributed by atoms with Crippen LogP contribution in [0.25, 0.3) is 6.08 Å². The van der Waals surface area contributed by atoms with Crippen LogP contribution in [0.4, 0.5) is 5.69 Å². The molecule has 4 heteroatoms. The summed E-state index contributed by atoms with van der Waals surface area (Å²) in [4.78, 5) is 12.4. The largest absolute Gasteiger partial charge is 0.480 e. The van der Waals surface area contributed by atoms with E-state index in [-0.39, 0.29) is 12.2 Å². The Labute approximate surface area is 141 Å². The number of anilines is 1. The van der Waals surface area contributed by atoms with Crippen LogP contribution in [-0.2, 0) is 4.79 Å². The second-order valence-electron chi connectivity index (χ2n) is 4.97. The van der Waals surface area contributed by atoms with Gasteiger partial charge in [-0.15, -0.1) is 6.42 Å². The monoisotopic (exact) mass is 316 g/mol. The lowest BCUT2D eigenvalue weighted by Crippen LogP contribution is -2.14. The minimum atomic E-state index is -0.474. The fraction of sp³-hybridized carbons (Fsp3) is 0.100. The lowest BCUT2D eigenvalue weighted by atomic mass is 10.1. The summed E-state index contributed by atoms with van der Waals surface area (Å²) in [5, 5.41) is 12.1. The summed E-state index contributed by atoms with van der Waals surface area (Å²) in [6.07, 6.45) is 6.68. The molecule has 0 fully saturated rings. The third kappa shape index (κ3) is 4.25. The maximum Gasteiger partial charge on any atom is 0.266 e. The first kappa shape index (κ1) is 16.9. The number of nitriles is 1. The summed E-state index contributed by atoms with van der Waals surface area (Å²) >= 11 is 0. The molecular weight excluding hydrogens is 300 g/mol. The number of aryl methyl sites for hydroxylation is 1. The van der Waals surface area contributed by atoms with Gasteiger partial charge in [-0.1, -0.05) is 42.3 Å². The highest BCUT2D eigenvalue weighted by atomic mass is 16.5. The van der Waals surface area contributed by atoms with Crippen molar-refractivity contribution < 1.29 is 9.53 Å². The van der Waals surface area contributed by atoms with Crippen molar-refractivity contribution in [2.75, 3.05) is 11.9 Å². The van der Waals surface area contributed by atoms with Crippen LogP contribution in [0.5, 0.6) is 5.75 Å². The van der Waals surface area contributed by atoms with Gasteiger partial charge in [0.1, 0.15) is 24.0 Å². The molecular formula is C20H16N2O2. The number of ether oxygens (including phenoxy) is 1. The fourth-order valence-electron chi connectivity index (χ4n) is 2.06. The first-order valence-corrected chi connectivity index (χ1v) is 7.29. The molecule has 4 nitrogen and oxygen atoms in total. The molecule has 0 bridgehead atoms. The molecule has 0 aliphatic carbocycles. The molecule has 2 rings (SSSR count). The minimum Gasteiger partial charge on any atom is -0.480 e. The third-order valence-corrected chi connectivity index (χ3v) is 3.29. The topological polar surface area (TPSA) is 62.1 Å². The average molecular weight is 316 g/mol. The molecule has 0 saturated carbocycles. The molecule has 0 spiro atoms. The van der Waals surface area contributed by atoms with Gasteiger partial charge in [0.25, 0.3) is 5.91 Å². The van der Waals surface area contributed by atoms with Crippen LogP contribution in [0.1, 0.15) is 11.1 Å². The standard InChI is InChI=1S/C20H16N2O2/c1-3-12-24-19-11-7-5-9-16(19)13-17(14-21)20(23)22-18-10-6-4-8-15(18)2/h1,4-11,13H,12H2,2H3,(H,22,23)/b17-13+. The average Bonchev–Trinajstić information content (AvgIpc) is 2.60. The van der Waals surface area contributed by atoms with Crippen molar-refractivity contribution in [3.63, 3.8) is 0 Å². The number of para-hydroxylation sites is 2. The second-order valence-corrected chi connectivity index (χ2v) is 4.97. The minimum absolute atomic E-state index is 0.0185. The van der Waals surface area contributed by atoms with Crippen molar-refractivity contribution in [1.29, 1.82) is 5.26 Å². The second kappa shape index (κ2) is 8.22. The van der Waals surface area contributed by atoms with Gasteiger partial charge in [0.2, 0.25) is 0 Å². The predicted octanol–water partition coefficient (Wildman–Crippen LogP) is 3.55.